The Kier molecular flexibility index (Phi) is 8.57. The monoisotopic (exact) mass is 318 g/mol. The highest BCUT2D eigenvalue weighted by Gasteiger charge is 2.30. The van der Waals surface area contributed by atoms with Gasteiger partial charge in [-0.15, -0.1) is 0 Å². The Hall–Kier alpha value is -2.34. The Bertz CT molecular complexity index is 558. The summed E-state index contributed by atoms with van der Waals surface area (Å²) in [4.78, 5) is 0. The summed E-state index contributed by atoms with van der Waals surface area (Å²) < 4.78 is 0. The van der Waals surface area contributed by atoms with Gasteiger partial charge in [0, 0.05) is 5.41 Å². The van der Waals surface area contributed by atoms with E-state index in [-0.39, 0.29) is 5.41 Å². The van der Waals surface area contributed by atoms with Gasteiger partial charge in [0.2, 0.25) is 0 Å². The fourth-order valence-electron chi connectivity index (χ4n) is 2.81. The van der Waals surface area contributed by atoms with Crippen LogP contribution < -0.4 is 0 Å². The van der Waals surface area contributed by atoms with E-state index in [9.17, 15) is 0 Å². The second-order valence-electron chi connectivity index (χ2n) is 5.22. The lowest BCUT2D eigenvalue weighted by Crippen LogP contribution is -2.25. The van der Waals surface area contributed by atoms with E-state index in [1.807, 2.05) is 27.7 Å². The molecule has 3 aromatic carbocycles. The SMILES string of the molecule is CC.CC.CC(c1ccccc1)(c1ccccc1)c1ccccc1. The van der Waals surface area contributed by atoms with Crippen molar-refractivity contribution in [1.82, 2.24) is 0 Å². The molecule has 0 aliphatic rings. The zero-order valence-electron chi connectivity index (χ0n) is 15.7. The first-order valence-electron chi connectivity index (χ1n) is 8.98. The van der Waals surface area contributed by atoms with Crippen LogP contribution in [-0.2, 0) is 5.41 Å². The summed E-state index contributed by atoms with van der Waals surface area (Å²) in [5.74, 6) is 0. The van der Waals surface area contributed by atoms with Gasteiger partial charge in [-0.1, -0.05) is 119 Å². The van der Waals surface area contributed by atoms with Crippen LogP contribution in [0.25, 0.3) is 0 Å². The van der Waals surface area contributed by atoms with Crippen molar-refractivity contribution in [2.45, 2.75) is 40.0 Å². The lowest BCUT2D eigenvalue weighted by molar-refractivity contribution is 0.692. The molecule has 0 atom stereocenters. The summed E-state index contributed by atoms with van der Waals surface area (Å²) in [6.45, 7) is 10.3. The van der Waals surface area contributed by atoms with E-state index in [4.69, 9.17) is 0 Å². The molecule has 0 amide bonds. The number of benzene rings is 3. The van der Waals surface area contributed by atoms with Gasteiger partial charge >= 0.3 is 0 Å². The molecular weight excluding hydrogens is 288 g/mol. The Labute approximate surface area is 148 Å². The molecule has 0 aliphatic carbocycles. The largest absolute Gasteiger partial charge is 0.0683 e. The van der Waals surface area contributed by atoms with Crippen LogP contribution in [0.3, 0.4) is 0 Å². The van der Waals surface area contributed by atoms with E-state index in [1.165, 1.54) is 16.7 Å². The Morgan fingerprint density at radius 1 is 0.417 bits per heavy atom. The highest BCUT2D eigenvalue weighted by atomic mass is 14.3. The van der Waals surface area contributed by atoms with Crippen molar-refractivity contribution in [3.63, 3.8) is 0 Å². The first-order chi connectivity index (χ1) is 11.8. The molecule has 0 unspecified atom stereocenters. The first-order valence-corrected chi connectivity index (χ1v) is 8.98. The van der Waals surface area contributed by atoms with Crippen LogP contribution >= 0.6 is 0 Å². The van der Waals surface area contributed by atoms with Crippen molar-refractivity contribution in [3.05, 3.63) is 108 Å². The molecule has 0 bridgehead atoms. The van der Waals surface area contributed by atoms with E-state index < -0.39 is 0 Å². The summed E-state index contributed by atoms with van der Waals surface area (Å²) in [6.07, 6.45) is 0. The normalized spacial score (nSPS) is 9.88. The van der Waals surface area contributed by atoms with Crippen LogP contribution in [0, 0.1) is 0 Å². The topological polar surface area (TPSA) is 0 Å². The minimum absolute atomic E-state index is 0.121. The molecule has 0 nitrogen and oxygen atoms in total. The van der Waals surface area contributed by atoms with E-state index in [1.54, 1.807) is 0 Å². The van der Waals surface area contributed by atoms with Crippen molar-refractivity contribution in [2.24, 2.45) is 0 Å². The van der Waals surface area contributed by atoms with Crippen LogP contribution in [0.4, 0.5) is 0 Å². The third-order valence-corrected chi connectivity index (χ3v) is 4.05. The summed E-state index contributed by atoms with van der Waals surface area (Å²) >= 11 is 0. The lowest BCUT2D eigenvalue weighted by Gasteiger charge is -2.31. The molecule has 0 heterocycles. The Balaban J connectivity index is 0.000000671. The van der Waals surface area contributed by atoms with E-state index in [0.29, 0.717) is 0 Å². The summed E-state index contributed by atoms with van der Waals surface area (Å²) in [6, 6.07) is 32.1. The molecule has 3 aromatic rings. The zero-order chi connectivity index (χ0) is 17.8. The van der Waals surface area contributed by atoms with Crippen molar-refractivity contribution in [1.29, 1.82) is 0 Å². The average molecular weight is 319 g/mol. The molecule has 0 saturated carbocycles. The molecule has 0 fully saturated rings. The molecule has 0 radical (unpaired) electrons. The maximum atomic E-state index is 2.30. The standard InChI is InChI=1S/C20H18.2C2H6/c1-20(17-11-5-2-6-12-17,18-13-7-3-8-14-18)19-15-9-4-10-16-19;2*1-2/h2-16H,1H3;2*1-2H3. The van der Waals surface area contributed by atoms with Crippen LogP contribution in [0.2, 0.25) is 0 Å². The van der Waals surface area contributed by atoms with E-state index in [0.717, 1.165) is 0 Å². The summed E-state index contributed by atoms with van der Waals surface area (Å²) in [5.41, 5.74) is 3.83. The number of rotatable bonds is 3. The van der Waals surface area contributed by atoms with Gasteiger partial charge in [-0.05, 0) is 23.6 Å². The molecule has 126 valence electrons. The summed E-state index contributed by atoms with van der Waals surface area (Å²) in [7, 11) is 0. The molecule has 0 saturated heterocycles. The number of hydrogen-bond acceptors (Lipinski definition) is 0. The maximum Gasteiger partial charge on any atom is 0.0423 e. The third kappa shape index (κ3) is 4.35. The van der Waals surface area contributed by atoms with Crippen LogP contribution in [0.5, 0.6) is 0 Å². The molecule has 24 heavy (non-hydrogen) atoms. The second-order valence-corrected chi connectivity index (χ2v) is 5.22. The quantitative estimate of drug-likeness (QED) is 0.452. The lowest BCUT2D eigenvalue weighted by atomic mass is 9.71. The van der Waals surface area contributed by atoms with Crippen LogP contribution in [-0.4, -0.2) is 0 Å². The number of hydrogen-bond donors (Lipinski definition) is 0. The first kappa shape index (κ1) is 19.7. The molecule has 0 spiro atoms. The van der Waals surface area contributed by atoms with Gasteiger partial charge in [0.25, 0.3) is 0 Å². The van der Waals surface area contributed by atoms with Gasteiger partial charge in [-0.25, -0.2) is 0 Å². The van der Waals surface area contributed by atoms with Crippen molar-refractivity contribution in [3.8, 4) is 0 Å². The molecule has 3 rings (SSSR count). The Morgan fingerprint density at radius 2 is 0.625 bits per heavy atom. The Morgan fingerprint density at radius 3 is 0.833 bits per heavy atom. The predicted molar refractivity (Wildman–Crippen MR) is 108 cm³/mol. The molecule has 0 heteroatoms. The van der Waals surface area contributed by atoms with Gasteiger partial charge in [0.1, 0.15) is 0 Å². The van der Waals surface area contributed by atoms with Gasteiger partial charge in [-0.3, -0.25) is 0 Å². The maximum absolute atomic E-state index is 2.30. The van der Waals surface area contributed by atoms with Crippen molar-refractivity contribution >= 4 is 0 Å². The van der Waals surface area contributed by atoms with Gasteiger partial charge in [-0.2, -0.15) is 0 Å². The van der Waals surface area contributed by atoms with E-state index in [2.05, 4.69) is 97.9 Å². The molecule has 0 aromatic heterocycles. The fraction of sp³-hybridized carbons (Fsp3) is 0.250. The minimum Gasteiger partial charge on any atom is -0.0683 e. The molecule has 0 aliphatic heterocycles. The highest BCUT2D eigenvalue weighted by molar-refractivity contribution is 5.49. The van der Waals surface area contributed by atoms with Gasteiger partial charge in [0.05, 0.1) is 0 Å². The zero-order valence-corrected chi connectivity index (χ0v) is 15.7. The van der Waals surface area contributed by atoms with Crippen molar-refractivity contribution < 1.29 is 0 Å². The molecule has 0 N–H and O–H groups in total. The second kappa shape index (κ2) is 10.4. The smallest absolute Gasteiger partial charge is 0.0423 e. The minimum atomic E-state index is -0.121. The van der Waals surface area contributed by atoms with Crippen LogP contribution in [0.1, 0.15) is 51.3 Å². The average Bonchev–Trinajstić information content (AvgIpc) is 2.72. The van der Waals surface area contributed by atoms with Crippen molar-refractivity contribution in [2.75, 3.05) is 0 Å². The van der Waals surface area contributed by atoms with Crippen LogP contribution in [0.15, 0.2) is 91.0 Å². The summed E-state index contributed by atoms with van der Waals surface area (Å²) in [5, 5.41) is 0. The highest BCUT2D eigenvalue weighted by Crippen LogP contribution is 2.38. The molecular formula is C24H30. The van der Waals surface area contributed by atoms with Gasteiger partial charge < -0.3 is 0 Å². The predicted octanol–water partition coefficient (Wildman–Crippen LogP) is 7.09. The van der Waals surface area contributed by atoms with Gasteiger partial charge in [0.15, 0.2) is 0 Å². The third-order valence-electron chi connectivity index (χ3n) is 4.05. The fourth-order valence-corrected chi connectivity index (χ4v) is 2.81. The van der Waals surface area contributed by atoms with E-state index >= 15 is 0 Å².